The van der Waals surface area contributed by atoms with E-state index in [-0.39, 0.29) is 36.3 Å². The van der Waals surface area contributed by atoms with Crippen molar-refractivity contribution in [2.75, 3.05) is 0 Å². The van der Waals surface area contributed by atoms with Crippen molar-refractivity contribution in [2.45, 2.75) is 77.0 Å². The molecule has 3 rings (SSSR count). The van der Waals surface area contributed by atoms with Crippen LogP contribution in [0.15, 0.2) is 18.2 Å². The lowest BCUT2D eigenvalue weighted by atomic mass is 9.76. The summed E-state index contributed by atoms with van der Waals surface area (Å²) in [6.45, 7) is 5.54. The molecule has 2 aliphatic rings. The maximum atomic E-state index is 13.4. The van der Waals surface area contributed by atoms with E-state index >= 15 is 0 Å². The van der Waals surface area contributed by atoms with Crippen molar-refractivity contribution in [3.8, 4) is 0 Å². The van der Waals surface area contributed by atoms with Crippen LogP contribution in [0.25, 0.3) is 0 Å². The van der Waals surface area contributed by atoms with Gasteiger partial charge in [0.15, 0.2) is 11.6 Å². The van der Waals surface area contributed by atoms with Crippen molar-refractivity contribution in [3.05, 3.63) is 35.4 Å². The SMILES string of the molecule is CC(C)(C)OC(=O)N1C2CCCC1CC(C(=O)Cc1ccc(F)c(F)c1)C2. The van der Waals surface area contributed by atoms with Gasteiger partial charge in [-0.25, -0.2) is 13.6 Å². The minimum atomic E-state index is -0.933. The van der Waals surface area contributed by atoms with E-state index < -0.39 is 17.2 Å². The number of carbonyl (C=O) groups is 2. The summed E-state index contributed by atoms with van der Waals surface area (Å²) in [6.07, 6.45) is 3.78. The van der Waals surface area contributed by atoms with E-state index in [1.807, 2.05) is 25.7 Å². The van der Waals surface area contributed by atoms with E-state index in [1.54, 1.807) is 0 Å². The van der Waals surface area contributed by atoms with Crippen molar-refractivity contribution in [1.29, 1.82) is 0 Å². The molecule has 0 aromatic heterocycles. The number of nitrogens with zero attached hydrogens (tertiary/aromatic N) is 1. The van der Waals surface area contributed by atoms with Crippen LogP contribution in [0.4, 0.5) is 13.6 Å². The molecule has 2 unspecified atom stereocenters. The van der Waals surface area contributed by atoms with Gasteiger partial charge in [0.05, 0.1) is 0 Å². The molecule has 6 heteroatoms. The van der Waals surface area contributed by atoms with E-state index in [0.29, 0.717) is 18.4 Å². The van der Waals surface area contributed by atoms with Crippen LogP contribution in [-0.4, -0.2) is 34.5 Å². The summed E-state index contributed by atoms with van der Waals surface area (Å²) in [5.41, 5.74) is -0.0660. The fraction of sp³-hybridized carbons (Fsp3) is 0.619. The second-order valence-corrected chi connectivity index (χ2v) is 8.69. The monoisotopic (exact) mass is 379 g/mol. The molecule has 0 aliphatic carbocycles. The van der Waals surface area contributed by atoms with Gasteiger partial charge in [-0.3, -0.25) is 4.79 Å². The molecule has 2 aliphatic heterocycles. The van der Waals surface area contributed by atoms with Crippen LogP contribution in [0.3, 0.4) is 0 Å². The highest BCUT2D eigenvalue weighted by atomic mass is 19.2. The Hall–Kier alpha value is -1.98. The summed E-state index contributed by atoms with van der Waals surface area (Å²) in [7, 11) is 0. The van der Waals surface area contributed by atoms with Gasteiger partial charge < -0.3 is 9.64 Å². The first-order chi connectivity index (χ1) is 12.6. The zero-order valence-corrected chi connectivity index (χ0v) is 16.1. The molecule has 1 aromatic carbocycles. The number of carbonyl (C=O) groups excluding carboxylic acids is 2. The summed E-state index contributed by atoms with van der Waals surface area (Å²) in [4.78, 5) is 27.2. The normalized spacial score (nSPS) is 25.2. The molecule has 2 heterocycles. The summed E-state index contributed by atoms with van der Waals surface area (Å²) in [5.74, 6) is -1.97. The topological polar surface area (TPSA) is 46.6 Å². The van der Waals surface area contributed by atoms with Crippen molar-refractivity contribution in [2.24, 2.45) is 5.92 Å². The number of amides is 1. The number of ketones is 1. The molecule has 2 bridgehead atoms. The van der Waals surface area contributed by atoms with Crippen LogP contribution in [0.5, 0.6) is 0 Å². The number of rotatable bonds is 3. The number of hydrogen-bond acceptors (Lipinski definition) is 3. The van der Waals surface area contributed by atoms with Crippen LogP contribution in [0.1, 0.15) is 58.4 Å². The Morgan fingerprint density at radius 3 is 2.30 bits per heavy atom. The third kappa shape index (κ3) is 4.66. The predicted octanol–water partition coefficient (Wildman–Crippen LogP) is 4.64. The first-order valence-electron chi connectivity index (χ1n) is 9.62. The van der Waals surface area contributed by atoms with E-state index in [4.69, 9.17) is 4.74 Å². The Kier molecular flexibility index (Phi) is 5.54. The minimum Gasteiger partial charge on any atom is -0.444 e. The van der Waals surface area contributed by atoms with Gasteiger partial charge in [0.25, 0.3) is 0 Å². The van der Waals surface area contributed by atoms with Gasteiger partial charge in [-0.05, 0) is 70.6 Å². The highest BCUT2D eigenvalue weighted by Crippen LogP contribution is 2.38. The fourth-order valence-corrected chi connectivity index (χ4v) is 4.25. The number of Topliss-reactive ketones (excluding diaryl/α,β-unsaturated/α-hetero) is 1. The highest BCUT2D eigenvalue weighted by Gasteiger charge is 2.44. The average Bonchev–Trinajstić information content (AvgIpc) is 2.55. The molecule has 0 saturated carbocycles. The lowest BCUT2D eigenvalue weighted by molar-refractivity contribution is -0.126. The standard InChI is InChI=1S/C21H27F2NO3/c1-21(2,3)27-20(26)24-15-5-4-6-16(24)12-14(11-15)19(25)10-13-7-8-17(22)18(23)9-13/h7-9,14-16H,4-6,10-12H2,1-3H3. The van der Waals surface area contributed by atoms with E-state index in [9.17, 15) is 18.4 Å². The second kappa shape index (κ2) is 7.56. The third-order valence-electron chi connectivity index (χ3n) is 5.40. The molecule has 1 amide bonds. The number of benzene rings is 1. The third-order valence-corrected chi connectivity index (χ3v) is 5.40. The Morgan fingerprint density at radius 2 is 1.74 bits per heavy atom. The number of fused-ring (bicyclic) bond motifs is 2. The van der Waals surface area contributed by atoms with Gasteiger partial charge in [-0.1, -0.05) is 6.07 Å². The highest BCUT2D eigenvalue weighted by molar-refractivity contribution is 5.84. The molecule has 148 valence electrons. The zero-order chi connectivity index (χ0) is 19.8. The van der Waals surface area contributed by atoms with Crippen molar-refractivity contribution >= 4 is 11.9 Å². The molecule has 2 saturated heterocycles. The summed E-state index contributed by atoms with van der Waals surface area (Å²) in [6, 6.07) is 3.60. The molecule has 4 nitrogen and oxygen atoms in total. The van der Waals surface area contributed by atoms with Gasteiger partial charge in [-0.15, -0.1) is 0 Å². The summed E-state index contributed by atoms with van der Waals surface area (Å²) < 4.78 is 32.0. The summed E-state index contributed by atoms with van der Waals surface area (Å²) in [5, 5.41) is 0. The largest absolute Gasteiger partial charge is 0.444 e. The van der Waals surface area contributed by atoms with E-state index in [1.165, 1.54) is 6.07 Å². The van der Waals surface area contributed by atoms with Gasteiger partial charge in [0.2, 0.25) is 0 Å². The number of hydrogen-bond donors (Lipinski definition) is 0. The van der Waals surface area contributed by atoms with E-state index in [2.05, 4.69) is 0 Å². The van der Waals surface area contributed by atoms with Crippen LogP contribution in [0, 0.1) is 17.6 Å². The van der Waals surface area contributed by atoms with Crippen LogP contribution in [0.2, 0.25) is 0 Å². The molecule has 0 N–H and O–H groups in total. The first-order valence-corrected chi connectivity index (χ1v) is 9.62. The van der Waals surface area contributed by atoms with Crippen molar-refractivity contribution in [1.82, 2.24) is 4.90 Å². The Balaban J connectivity index is 1.67. The van der Waals surface area contributed by atoms with Crippen molar-refractivity contribution in [3.63, 3.8) is 0 Å². The lowest BCUT2D eigenvalue weighted by Gasteiger charge is -2.48. The van der Waals surface area contributed by atoms with Crippen LogP contribution in [-0.2, 0) is 16.0 Å². The molecule has 1 aromatic rings. The molecule has 2 fully saturated rings. The minimum absolute atomic E-state index is 0.00579. The molecule has 0 spiro atoms. The van der Waals surface area contributed by atoms with E-state index in [0.717, 1.165) is 31.4 Å². The molecule has 27 heavy (non-hydrogen) atoms. The number of halogens is 2. The Morgan fingerprint density at radius 1 is 1.11 bits per heavy atom. The fourth-order valence-electron chi connectivity index (χ4n) is 4.25. The van der Waals surface area contributed by atoms with Gasteiger partial charge in [0.1, 0.15) is 11.4 Å². The quantitative estimate of drug-likeness (QED) is 0.768. The van der Waals surface area contributed by atoms with Crippen molar-refractivity contribution < 1.29 is 23.1 Å². The predicted molar refractivity (Wildman–Crippen MR) is 97.3 cm³/mol. The lowest BCUT2D eigenvalue weighted by Crippen LogP contribution is -2.56. The van der Waals surface area contributed by atoms with Crippen LogP contribution >= 0.6 is 0 Å². The van der Waals surface area contributed by atoms with Gasteiger partial charge in [-0.2, -0.15) is 0 Å². The zero-order valence-electron chi connectivity index (χ0n) is 16.1. The Bertz CT molecular complexity index is 715. The smallest absolute Gasteiger partial charge is 0.410 e. The van der Waals surface area contributed by atoms with Gasteiger partial charge >= 0.3 is 6.09 Å². The number of ether oxygens (including phenoxy) is 1. The molecule has 0 radical (unpaired) electrons. The maximum absolute atomic E-state index is 13.4. The molecule has 2 atom stereocenters. The van der Waals surface area contributed by atoms with Gasteiger partial charge in [0, 0.05) is 24.4 Å². The Labute approximate surface area is 158 Å². The average molecular weight is 379 g/mol. The molecular formula is C21H27F2NO3. The number of piperidine rings is 2. The van der Waals surface area contributed by atoms with Crippen LogP contribution < -0.4 is 0 Å². The summed E-state index contributed by atoms with van der Waals surface area (Å²) >= 11 is 0. The second-order valence-electron chi connectivity index (χ2n) is 8.69. The maximum Gasteiger partial charge on any atom is 0.410 e. The molecular weight excluding hydrogens is 352 g/mol. The first kappa shape index (κ1) is 19.8.